The summed E-state index contributed by atoms with van der Waals surface area (Å²) < 4.78 is 7.57. The minimum Gasteiger partial charge on any atom is -0.497 e. The summed E-state index contributed by atoms with van der Waals surface area (Å²) in [5.74, 6) is 0.801. The Morgan fingerprint density at radius 3 is 2.90 bits per heavy atom. The van der Waals surface area contributed by atoms with E-state index in [1.54, 1.807) is 7.11 Å². The van der Waals surface area contributed by atoms with Gasteiger partial charge in [-0.2, -0.15) is 0 Å². The predicted octanol–water partition coefficient (Wildman–Crippen LogP) is 2.89. The maximum absolute atomic E-state index is 12.0. The van der Waals surface area contributed by atoms with Crippen LogP contribution in [-0.2, 0) is 6.54 Å². The number of benzene rings is 1. The third kappa shape index (κ3) is 3.87. The molecule has 1 aromatic carbocycles. The Morgan fingerprint density at radius 2 is 2.14 bits per heavy atom. The summed E-state index contributed by atoms with van der Waals surface area (Å²) in [6.07, 6.45) is 3.40. The average Bonchev–Trinajstić information content (AvgIpc) is 3.41. The number of imidazole rings is 1. The van der Waals surface area contributed by atoms with Crippen molar-refractivity contribution in [3.05, 3.63) is 75.3 Å². The molecule has 3 aromatic heterocycles. The van der Waals surface area contributed by atoms with Gasteiger partial charge in [-0.15, -0.1) is 0 Å². The molecule has 0 aliphatic rings. The number of aromatic nitrogens is 5. The highest BCUT2D eigenvalue weighted by Gasteiger charge is 2.19. The van der Waals surface area contributed by atoms with E-state index in [0.717, 1.165) is 17.0 Å². The number of nitrogens with zero attached hydrogens (tertiary/aromatic N) is 2. The van der Waals surface area contributed by atoms with Gasteiger partial charge in [0, 0.05) is 24.5 Å². The molecule has 0 radical (unpaired) electrons. The molecular weight excluding hydrogens is 388 g/mol. The van der Waals surface area contributed by atoms with E-state index in [1.165, 1.54) is 6.33 Å². The van der Waals surface area contributed by atoms with Crippen LogP contribution in [0.3, 0.4) is 0 Å². The third-order valence-corrected chi connectivity index (χ3v) is 5.16. The van der Waals surface area contributed by atoms with Crippen molar-refractivity contribution in [2.24, 2.45) is 0 Å². The first-order valence-electron chi connectivity index (χ1n) is 9.26. The Balaban J connectivity index is 1.64. The number of H-pyrrole nitrogens is 3. The van der Waals surface area contributed by atoms with Crippen molar-refractivity contribution in [2.75, 3.05) is 7.11 Å². The molecule has 0 amide bonds. The maximum Gasteiger partial charge on any atom is 0.277 e. The molecule has 4 aromatic rings. The summed E-state index contributed by atoms with van der Waals surface area (Å²) in [6.45, 7) is 2.61. The molecule has 2 atom stereocenters. The fourth-order valence-corrected chi connectivity index (χ4v) is 3.73. The average molecular weight is 411 g/mol. The van der Waals surface area contributed by atoms with E-state index in [2.05, 4.69) is 38.2 Å². The number of nitrogens with one attached hydrogen (secondary N) is 4. The second kappa shape index (κ2) is 8.06. The lowest BCUT2D eigenvalue weighted by atomic mass is 10.0. The van der Waals surface area contributed by atoms with Crippen LogP contribution in [0.4, 0.5) is 0 Å². The summed E-state index contributed by atoms with van der Waals surface area (Å²) in [7, 11) is 1.66. The number of ether oxygens (including phenoxy) is 1. The quantitative estimate of drug-likeness (QED) is 0.351. The van der Waals surface area contributed by atoms with Crippen LogP contribution in [0.1, 0.15) is 24.2 Å². The van der Waals surface area contributed by atoms with Gasteiger partial charge in [-0.05, 0) is 49.0 Å². The summed E-state index contributed by atoms with van der Waals surface area (Å²) >= 11 is 5.37. The highest BCUT2D eigenvalue weighted by Crippen LogP contribution is 2.25. The van der Waals surface area contributed by atoms with Gasteiger partial charge in [0.2, 0.25) is 0 Å². The monoisotopic (exact) mass is 410 g/mol. The van der Waals surface area contributed by atoms with Crippen molar-refractivity contribution >= 4 is 23.4 Å². The molecule has 0 aliphatic carbocycles. The van der Waals surface area contributed by atoms with E-state index in [1.807, 2.05) is 41.1 Å². The molecule has 0 spiro atoms. The number of hydrogen-bond acceptors (Lipinski definition) is 5. The fraction of sp³-hybridized carbons (Fsp3) is 0.250. The maximum atomic E-state index is 12.0. The summed E-state index contributed by atoms with van der Waals surface area (Å²) in [4.78, 5) is 25.2. The van der Waals surface area contributed by atoms with Crippen molar-refractivity contribution in [3.63, 3.8) is 0 Å². The Labute approximate surface area is 172 Å². The van der Waals surface area contributed by atoms with Crippen molar-refractivity contribution in [1.82, 2.24) is 29.8 Å². The fourth-order valence-electron chi connectivity index (χ4n) is 3.47. The molecule has 0 saturated heterocycles. The van der Waals surface area contributed by atoms with E-state index < -0.39 is 0 Å². The third-order valence-electron chi connectivity index (χ3n) is 4.84. The first-order chi connectivity index (χ1) is 14.1. The van der Waals surface area contributed by atoms with E-state index in [4.69, 9.17) is 17.0 Å². The molecule has 0 fully saturated rings. The van der Waals surface area contributed by atoms with E-state index >= 15 is 0 Å². The van der Waals surface area contributed by atoms with Gasteiger partial charge in [0.25, 0.3) is 5.56 Å². The first kappa shape index (κ1) is 19.2. The molecule has 0 saturated carbocycles. The lowest BCUT2D eigenvalue weighted by Crippen LogP contribution is -2.35. The Kier molecular flexibility index (Phi) is 5.32. The van der Waals surface area contributed by atoms with Crippen LogP contribution in [-0.4, -0.2) is 37.7 Å². The first-order valence-corrected chi connectivity index (χ1v) is 9.67. The van der Waals surface area contributed by atoms with Crippen molar-refractivity contribution < 1.29 is 4.74 Å². The van der Waals surface area contributed by atoms with Gasteiger partial charge in [-0.3, -0.25) is 14.3 Å². The minimum absolute atomic E-state index is 0.0204. The minimum atomic E-state index is -0.264. The van der Waals surface area contributed by atoms with E-state index in [-0.39, 0.29) is 17.6 Å². The van der Waals surface area contributed by atoms with Gasteiger partial charge in [-0.1, -0.05) is 12.1 Å². The summed E-state index contributed by atoms with van der Waals surface area (Å²) in [5, 5.41) is 3.65. The summed E-state index contributed by atoms with van der Waals surface area (Å²) in [6, 6.07) is 11.9. The number of rotatable bonds is 7. The molecule has 3 heterocycles. The zero-order valence-electron chi connectivity index (χ0n) is 16.1. The largest absolute Gasteiger partial charge is 0.497 e. The predicted molar refractivity (Wildman–Crippen MR) is 114 cm³/mol. The molecule has 4 rings (SSSR count). The Hall–Kier alpha value is -3.17. The van der Waals surface area contributed by atoms with Crippen LogP contribution < -0.4 is 15.6 Å². The normalized spacial score (nSPS) is 13.4. The lowest BCUT2D eigenvalue weighted by Gasteiger charge is -2.24. The zero-order chi connectivity index (χ0) is 20.4. The van der Waals surface area contributed by atoms with Crippen LogP contribution >= 0.6 is 12.2 Å². The molecular formula is C20H22N6O2S. The van der Waals surface area contributed by atoms with E-state index in [0.29, 0.717) is 22.5 Å². The number of methoxy groups -OCH3 is 1. The van der Waals surface area contributed by atoms with Crippen molar-refractivity contribution in [2.45, 2.75) is 25.6 Å². The molecule has 0 aliphatic heterocycles. The Morgan fingerprint density at radius 1 is 1.28 bits per heavy atom. The molecule has 150 valence electrons. The number of aromatic amines is 3. The number of fused-ring (bicyclic) bond motifs is 1. The molecule has 4 N–H and O–H groups in total. The second-order valence-corrected chi connectivity index (χ2v) is 7.26. The second-order valence-electron chi connectivity index (χ2n) is 6.87. The molecule has 9 heteroatoms. The molecule has 8 nitrogen and oxygen atoms in total. The SMILES string of the molecule is COc1cccc(C(NC(C)Cn2c(=S)[nH]c(=O)c3[nH]cnc32)c2ccc[nH]2)c1. The molecule has 2 unspecified atom stereocenters. The van der Waals surface area contributed by atoms with Crippen LogP contribution in [0, 0.1) is 4.77 Å². The van der Waals surface area contributed by atoms with Gasteiger partial charge < -0.3 is 20.0 Å². The van der Waals surface area contributed by atoms with Crippen LogP contribution in [0.25, 0.3) is 11.2 Å². The van der Waals surface area contributed by atoms with Gasteiger partial charge >= 0.3 is 0 Å². The van der Waals surface area contributed by atoms with E-state index in [9.17, 15) is 4.79 Å². The van der Waals surface area contributed by atoms with Gasteiger partial charge in [0.15, 0.2) is 10.4 Å². The van der Waals surface area contributed by atoms with Gasteiger partial charge in [0.1, 0.15) is 11.3 Å². The highest BCUT2D eigenvalue weighted by atomic mass is 32.1. The number of hydrogen-bond donors (Lipinski definition) is 4. The summed E-state index contributed by atoms with van der Waals surface area (Å²) in [5.41, 5.74) is 2.82. The topological polar surface area (TPSA) is 104 Å². The lowest BCUT2D eigenvalue weighted by molar-refractivity contribution is 0.411. The van der Waals surface area contributed by atoms with Crippen LogP contribution in [0.5, 0.6) is 5.75 Å². The zero-order valence-corrected chi connectivity index (χ0v) is 16.9. The van der Waals surface area contributed by atoms with Gasteiger partial charge in [-0.25, -0.2) is 4.98 Å². The van der Waals surface area contributed by atoms with Crippen LogP contribution in [0.15, 0.2) is 53.7 Å². The van der Waals surface area contributed by atoms with Crippen LogP contribution in [0.2, 0.25) is 0 Å². The Bertz CT molecular complexity index is 1220. The van der Waals surface area contributed by atoms with Crippen molar-refractivity contribution in [1.29, 1.82) is 0 Å². The molecule has 29 heavy (non-hydrogen) atoms. The smallest absolute Gasteiger partial charge is 0.277 e. The molecule has 0 bridgehead atoms. The highest BCUT2D eigenvalue weighted by molar-refractivity contribution is 7.71. The van der Waals surface area contributed by atoms with Gasteiger partial charge in [0.05, 0.1) is 19.5 Å². The van der Waals surface area contributed by atoms with Crippen molar-refractivity contribution in [3.8, 4) is 5.75 Å². The standard InChI is InChI=1S/C20H22N6O2S/c1-12(10-26-18-17(22-11-23-18)19(27)25-20(26)29)24-16(15-7-4-8-21-15)13-5-3-6-14(9-13)28-2/h3-9,11-12,16,21,24H,10H2,1-2H3,(H,22,23)(H,25,27,29).